The first kappa shape index (κ1) is 21.9. The van der Waals surface area contributed by atoms with E-state index in [0.29, 0.717) is 5.69 Å². The number of hydrogen-bond acceptors (Lipinski definition) is 3. The van der Waals surface area contributed by atoms with E-state index in [1.165, 1.54) is 49.8 Å². The Bertz CT molecular complexity index is 775. The summed E-state index contributed by atoms with van der Waals surface area (Å²) in [5.41, 5.74) is 2.78. The fraction of sp³-hybridized carbons (Fsp3) is 0.583. The Morgan fingerprint density at radius 2 is 1.41 bits per heavy atom. The molecule has 2 aliphatic rings. The zero-order valence-electron chi connectivity index (χ0n) is 17.7. The predicted molar refractivity (Wildman–Crippen MR) is 119 cm³/mol. The van der Waals surface area contributed by atoms with Gasteiger partial charge in [0.25, 0.3) is 11.8 Å². The van der Waals surface area contributed by atoms with E-state index < -0.39 is 5.91 Å². The summed E-state index contributed by atoms with van der Waals surface area (Å²) in [4.78, 5) is 27.2. The molecular formula is C24H33ClN2O2. The number of nitrogens with zero attached hydrogens (tertiary/aromatic N) is 1. The average Bonchev–Trinajstić information content (AvgIpc) is 2.89. The molecule has 0 saturated heterocycles. The van der Waals surface area contributed by atoms with Crippen LogP contribution in [0.2, 0.25) is 0 Å². The van der Waals surface area contributed by atoms with E-state index in [2.05, 4.69) is 5.32 Å². The van der Waals surface area contributed by atoms with Crippen LogP contribution < -0.4 is 10.2 Å². The molecule has 1 aromatic rings. The third-order valence-corrected chi connectivity index (χ3v) is 6.44. The van der Waals surface area contributed by atoms with Gasteiger partial charge >= 0.3 is 0 Å². The summed E-state index contributed by atoms with van der Waals surface area (Å²) in [6, 6.07) is 5.96. The van der Waals surface area contributed by atoms with E-state index in [0.717, 1.165) is 36.8 Å². The second-order valence-corrected chi connectivity index (χ2v) is 8.90. The van der Waals surface area contributed by atoms with Gasteiger partial charge in [0.15, 0.2) is 0 Å². The van der Waals surface area contributed by atoms with E-state index in [-0.39, 0.29) is 22.7 Å². The molecule has 1 saturated carbocycles. The molecule has 0 radical (unpaired) electrons. The second-order valence-electron chi connectivity index (χ2n) is 8.53. The fourth-order valence-electron chi connectivity index (χ4n) is 4.32. The summed E-state index contributed by atoms with van der Waals surface area (Å²) in [5.74, 6) is -0.763. The molecule has 5 heteroatoms. The van der Waals surface area contributed by atoms with Gasteiger partial charge in [-0.15, -0.1) is 0 Å². The second kappa shape index (κ2) is 10.3. The molecule has 1 fully saturated rings. The van der Waals surface area contributed by atoms with Crippen LogP contribution in [0.25, 0.3) is 0 Å². The first-order valence-electron chi connectivity index (χ1n) is 11.1. The standard InChI is InChI=1S/C24H33ClN2O2/c1-17-14-15-18(2)20(16-17)27-23(28)21(25)22(24(27)29)26-19-12-10-8-6-4-3-5-7-9-11-13-19/h14-16,19,26H,3-13H2,1-2H3. The quantitative estimate of drug-likeness (QED) is 0.625. The van der Waals surface area contributed by atoms with E-state index in [9.17, 15) is 9.59 Å². The molecule has 0 aromatic heterocycles. The maximum Gasteiger partial charge on any atom is 0.283 e. The van der Waals surface area contributed by atoms with Gasteiger partial charge < -0.3 is 5.32 Å². The van der Waals surface area contributed by atoms with Gasteiger partial charge in [0, 0.05) is 6.04 Å². The molecule has 1 N–H and O–H groups in total. The predicted octanol–water partition coefficient (Wildman–Crippen LogP) is 5.89. The van der Waals surface area contributed by atoms with Gasteiger partial charge in [-0.1, -0.05) is 81.5 Å². The molecular weight excluding hydrogens is 384 g/mol. The molecule has 3 rings (SSSR count). The minimum atomic E-state index is -0.430. The molecule has 1 heterocycles. The molecule has 1 aromatic carbocycles. The van der Waals surface area contributed by atoms with Crippen LogP contribution in [0.4, 0.5) is 5.69 Å². The smallest absolute Gasteiger partial charge is 0.283 e. The summed E-state index contributed by atoms with van der Waals surface area (Å²) < 4.78 is 0. The summed E-state index contributed by atoms with van der Waals surface area (Å²) >= 11 is 6.36. The van der Waals surface area contributed by atoms with Crippen LogP contribution >= 0.6 is 11.6 Å². The van der Waals surface area contributed by atoms with Crippen LogP contribution in [0, 0.1) is 13.8 Å². The van der Waals surface area contributed by atoms with Gasteiger partial charge in [-0.3, -0.25) is 9.59 Å². The van der Waals surface area contributed by atoms with Crippen LogP contribution in [-0.2, 0) is 9.59 Å². The molecule has 1 aliphatic heterocycles. The van der Waals surface area contributed by atoms with Crippen molar-refractivity contribution in [1.29, 1.82) is 0 Å². The largest absolute Gasteiger partial charge is 0.376 e. The lowest BCUT2D eigenvalue weighted by Gasteiger charge is -2.22. The zero-order valence-corrected chi connectivity index (χ0v) is 18.5. The first-order chi connectivity index (χ1) is 14.0. The van der Waals surface area contributed by atoms with Crippen LogP contribution in [0.15, 0.2) is 28.9 Å². The lowest BCUT2D eigenvalue weighted by atomic mass is 9.98. The maximum absolute atomic E-state index is 13.1. The number of nitrogens with one attached hydrogen (secondary N) is 1. The zero-order chi connectivity index (χ0) is 20.8. The molecule has 0 atom stereocenters. The molecule has 0 unspecified atom stereocenters. The topological polar surface area (TPSA) is 49.4 Å². The van der Waals surface area contributed by atoms with Crippen molar-refractivity contribution in [1.82, 2.24) is 5.32 Å². The third kappa shape index (κ3) is 5.42. The third-order valence-electron chi connectivity index (χ3n) is 6.09. The fourth-order valence-corrected chi connectivity index (χ4v) is 4.54. The van der Waals surface area contributed by atoms with E-state index in [4.69, 9.17) is 11.6 Å². The van der Waals surface area contributed by atoms with E-state index >= 15 is 0 Å². The number of halogens is 1. The van der Waals surface area contributed by atoms with Gasteiger partial charge in [0.05, 0.1) is 5.69 Å². The molecule has 0 spiro atoms. The molecule has 29 heavy (non-hydrogen) atoms. The van der Waals surface area contributed by atoms with Crippen molar-refractivity contribution in [2.75, 3.05) is 4.90 Å². The first-order valence-corrected chi connectivity index (χ1v) is 11.5. The van der Waals surface area contributed by atoms with Crippen molar-refractivity contribution < 1.29 is 9.59 Å². The number of carbonyl (C=O) groups is 2. The Labute approximate surface area is 179 Å². The minimum absolute atomic E-state index is 0.0158. The maximum atomic E-state index is 13.1. The SMILES string of the molecule is Cc1ccc(C)c(N2C(=O)C(Cl)=C(NC3CCCCCCCCCCC3)C2=O)c1. The Hall–Kier alpha value is -1.81. The van der Waals surface area contributed by atoms with Crippen LogP contribution in [0.3, 0.4) is 0 Å². The number of imide groups is 1. The highest BCUT2D eigenvalue weighted by Gasteiger charge is 2.40. The van der Waals surface area contributed by atoms with Gasteiger partial charge in [-0.2, -0.15) is 0 Å². The van der Waals surface area contributed by atoms with Crippen molar-refractivity contribution in [3.05, 3.63) is 40.1 Å². The highest BCUT2D eigenvalue weighted by atomic mass is 35.5. The highest BCUT2D eigenvalue weighted by Crippen LogP contribution is 2.31. The van der Waals surface area contributed by atoms with Gasteiger partial charge in [0.2, 0.25) is 0 Å². The van der Waals surface area contributed by atoms with Crippen molar-refractivity contribution >= 4 is 29.1 Å². The molecule has 158 valence electrons. The van der Waals surface area contributed by atoms with Gasteiger partial charge in [0.1, 0.15) is 10.7 Å². The van der Waals surface area contributed by atoms with Gasteiger partial charge in [-0.05, 0) is 43.9 Å². The summed E-state index contributed by atoms with van der Waals surface area (Å²) in [6.07, 6.45) is 13.4. The Morgan fingerprint density at radius 3 is 2.00 bits per heavy atom. The summed E-state index contributed by atoms with van der Waals surface area (Å²) in [5, 5.41) is 3.38. The number of amides is 2. The van der Waals surface area contributed by atoms with Crippen molar-refractivity contribution in [2.45, 2.75) is 90.5 Å². The minimum Gasteiger partial charge on any atom is -0.376 e. The number of benzene rings is 1. The van der Waals surface area contributed by atoms with Crippen LogP contribution in [0.5, 0.6) is 0 Å². The number of carbonyl (C=O) groups excluding carboxylic acids is 2. The van der Waals surface area contributed by atoms with Crippen molar-refractivity contribution in [3.8, 4) is 0 Å². The Kier molecular flexibility index (Phi) is 7.77. The van der Waals surface area contributed by atoms with Crippen LogP contribution in [-0.4, -0.2) is 17.9 Å². The highest BCUT2D eigenvalue weighted by molar-refractivity contribution is 6.52. The lowest BCUT2D eigenvalue weighted by Crippen LogP contribution is -2.37. The number of anilines is 1. The molecule has 4 nitrogen and oxygen atoms in total. The Morgan fingerprint density at radius 1 is 0.862 bits per heavy atom. The number of aryl methyl sites for hydroxylation is 2. The van der Waals surface area contributed by atoms with Crippen molar-refractivity contribution in [2.24, 2.45) is 0 Å². The summed E-state index contributed by atoms with van der Waals surface area (Å²) in [7, 11) is 0. The number of rotatable bonds is 3. The molecule has 1 aliphatic carbocycles. The normalized spacial score (nSPS) is 20.6. The summed E-state index contributed by atoms with van der Waals surface area (Å²) in [6.45, 7) is 3.86. The number of hydrogen-bond donors (Lipinski definition) is 1. The van der Waals surface area contributed by atoms with Crippen LogP contribution in [0.1, 0.15) is 81.8 Å². The van der Waals surface area contributed by atoms with E-state index in [1.54, 1.807) is 0 Å². The van der Waals surface area contributed by atoms with E-state index in [1.807, 2.05) is 32.0 Å². The van der Waals surface area contributed by atoms with Crippen molar-refractivity contribution in [3.63, 3.8) is 0 Å². The molecule has 2 amide bonds. The monoisotopic (exact) mass is 416 g/mol. The average molecular weight is 417 g/mol. The molecule has 0 bridgehead atoms. The Balaban J connectivity index is 1.73. The van der Waals surface area contributed by atoms with Gasteiger partial charge in [-0.25, -0.2) is 4.90 Å². The lowest BCUT2D eigenvalue weighted by molar-refractivity contribution is -0.120.